The van der Waals surface area contributed by atoms with Crippen molar-refractivity contribution in [2.45, 2.75) is 44.8 Å². The standard InChI is InChI=1S/C16H21FN2O/c1-11-15(8-9-18-11)16(20)19(14-6-7-14)10-12-2-4-13(17)5-3-12/h2-5,11,14-15,18H,6-10H2,1H3. The average Bonchev–Trinajstić information content (AvgIpc) is 3.19. The summed E-state index contributed by atoms with van der Waals surface area (Å²) >= 11 is 0. The van der Waals surface area contributed by atoms with Gasteiger partial charge in [0.2, 0.25) is 5.91 Å². The monoisotopic (exact) mass is 276 g/mol. The lowest BCUT2D eigenvalue weighted by molar-refractivity contribution is -0.137. The van der Waals surface area contributed by atoms with Crippen LogP contribution in [0.1, 0.15) is 31.7 Å². The largest absolute Gasteiger partial charge is 0.335 e. The van der Waals surface area contributed by atoms with Gasteiger partial charge in [0, 0.05) is 18.6 Å². The molecular formula is C16H21FN2O. The van der Waals surface area contributed by atoms with Gasteiger partial charge in [-0.2, -0.15) is 0 Å². The smallest absolute Gasteiger partial charge is 0.227 e. The van der Waals surface area contributed by atoms with Crippen LogP contribution in [0, 0.1) is 11.7 Å². The summed E-state index contributed by atoms with van der Waals surface area (Å²) in [5.41, 5.74) is 1.00. The first-order valence-electron chi connectivity index (χ1n) is 7.43. The van der Waals surface area contributed by atoms with Gasteiger partial charge in [0.25, 0.3) is 0 Å². The molecule has 0 radical (unpaired) electrons. The molecule has 4 heteroatoms. The van der Waals surface area contributed by atoms with E-state index >= 15 is 0 Å². The van der Waals surface area contributed by atoms with Gasteiger partial charge in [0.15, 0.2) is 0 Å². The lowest BCUT2D eigenvalue weighted by Gasteiger charge is -2.27. The van der Waals surface area contributed by atoms with Crippen LogP contribution in [0.2, 0.25) is 0 Å². The van der Waals surface area contributed by atoms with E-state index in [1.54, 1.807) is 12.1 Å². The lowest BCUT2D eigenvalue weighted by atomic mass is 10.00. The van der Waals surface area contributed by atoms with E-state index < -0.39 is 0 Å². The Labute approximate surface area is 119 Å². The van der Waals surface area contributed by atoms with Crippen LogP contribution in [-0.2, 0) is 11.3 Å². The number of carbonyl (C=O) groups is 1. The van der Waals surface area contributed by atoms with Gasteiger partial charge in [0.05, 0.1) is 5.92 Å². The Hall–Kier alpha value is -1.42. The van der Waals surface area contributed by atoms with Gasteiger partial charge >= 0.3 is 0 Å². The van der Waals surface area contributed by atoms with E-state index in [9.17, 15) is 9.18 Å². The Morgan fingerprint density at radius 1 is 1.30 bits per heavy atom. The summed E-state index contributed by atoms with van der Waals surface area (Å²) in [6, 6.07) is 7.12. The maximum Gasteiger partial charge on any atom is 0.227 e. The molecule has 1 saturated heterocycles. The van der Waals surface area contributed by atoms with Crippen LogP contribution in [0.25, 0.3) is 0 Å². The third-order valence-electron chi connectivity index (χ3n) is 4.38. The van der Waals surface area contributed by atoms with Crippen molar-refractivity contribution in [2.24, 2.45) is 5.92 Å². The van der Waals surface area contributed by atoms with E-state index in [-0.39, 0.29) is 23.7 Å². The lowest BCUT2D eigenvalue weighted by Crippen LogP contribution is -2.41. The number of nitrogens with zero attached hydrogens (tertiary/aromatic N) is 1. The zero-order valence-corrected chi connectivity index (χ0v) is 11.8. The zero-order valence-electron chi connectivity index (χ0n) is 11.8. The number of carbonyl (C=O) groups excluding carboxylic acids is 1. The van der Waals surface area contributed by atoms with Gasteiger partial charge in [-0.25, -0.2) is 4.39 Å². The third kappa shape index (κ3) is 2.85. The van der Waals surface area contributed by atoms with E-state index in [0.29, 0.717) is 12.6 Å². The van der Waals surface area contributed by atoms with Crippen molar-refractivity contribution in [3.8, 4) is 0 Å². The molecule has 1 aromatic carbocycles. The number of rotatable bonds is 4. The van der Waals surface area contributed by atoms with Crippen molar-refractivity contribution in [3.05, 3.63) is 35.6 Å². The molecule has 3 nitrogen and oxygen atoms in total. The Morgan fingerprint density at radius 3 is 2.55 bits per heavy atom. The topological polar surface area (TPSA) is 32.3 Å². The fraction of sp³-hybridized carbons (Fsp3) is 0.562. The highest BCUT2D eigenvalue weighted by Gasteiger charge is 2.39. The first-order chi connectivity index (χ1) is 9.65. The minimum atomic E-state index is -0.230. The van der Waals surface area contributed by atoms with Crippen LogP contribution in [0.3, 0.4) is 0 Å². The molecule has 108 valence electrons. The number of nitrogens with one attached hydrogen (secondary N) is 1. The highest BCUT2D eigenvalue weighted by atomic mass is 19.1. The van der Waals surface area contributed by atoms with E-state index in [1.807, 2.05) is 4.90 Å². The molecule has 0 aromatic heterocycles. The number of halogens is 1. The van der Waals surface area contributed by atoms with Gasteiger partial charge in [0.1, 0.15) is 5.82 Å². The van der Waals surface area contributed by atoms with Gasteiger partial charge in [-0.3, -0.25) is 4.79 Å². The fourth-order valence-electron chi connectivity index (χ4n) is 2.97. The Bertz CT molecular complexity index is 484. The van der Waals surface area contributed by atoms with Crippen LogP contribution in [0.5, 0.6) is 0 Å². The van der Waals surface area contributed by atoms with E-state index in [1.165, 1.54) is 12.1 Å². The molecule has 2 fully saturated rings. The number of amides is 1. The normalized spacial score (nSPS) is 25.7. The molecule has 1 aliphatic heterocycles. The number of hydrogen-bond donors (Lipinski definition) is 1. The minimum absolute atomic E-state index is 0.0936. The Kier molecular flexibility index (Phi) is 3.74. The second-order valence-electron chi connectivity index (χ2n) is 5.96. The molecule has 0 spiro atoms. The fourth-order valence-corrected chi connectivity index (χ4v) is 2.97. The molecule has 2 atom stereocenters. The van der Waals surface area contributed by atoms with Gasteiger partial charge in [-0.05, 0) is 50.4 Å². The molecule has 20 heavy (non-hydrogen) atoms. The second kappa shape index (κ2) is 5.52. The van der Waals surface area contributed by atoms with E-state index in [0.717, 1.165) is 31.4 Å². The molecule has 1 amide bonds. The summed E-state index contributed by atoms with van der Waals surface area (Å²) < 4.78 is 13.0. The predicted octanol–water partition coefficient (Wildman–Crippen LogP) is 2.31. The van der Waals surface area contributed by atoms with E-state index in [4.69, 9.17) is 0 Å². The molecular weight excluding hydrogens is 255 g/mol. The van der Waals surface area contributed by atoms with Gasteiger partial charge in [-0.15, -0.1) is 0 Å². The molecule has 0 bridgehead atoms. The quantitative estimate of drug-likeness (QED) is 0.915. The molecule has 1 saturated carbocycles. The molecule has 1 heterocycles. The molecule has 2 unspecified atom stereocenters. The van der Waals surface area contributed by atoms with Gasteiger partial charge < -0.3 is 10.2 Å². The second-order valence-corrected chi connectivity index (χ2v) is 5.96. The molecule has 3 rings (SSSR count). The SMILES string of the molecule is CC1NCCC1C(=O)N(Cc1ccc(F)cc1)C1CC1. The van der Waals surface area contributed by atoms with Crippen molar-refractivity contribution < 1.29 is 9.18 Å². The third-order valence-corrected chi connectivity index (χ3v) is 4.38. The highest BCUT2D eigenvalue weighted by molar-refractivity contribution is 5.80. The van der Waals surface area contributed by atoms with Crippen molar-refractivity contribution in [1.29, 1.82) is 0 Å². The first-order valence-corrected chi connectivity index (χ1v) is 7.43. The summed E-state index contributed by atoms with van der Waals surface area (Å²) in [6.45, 7) is 3.61. The molecule has 1 N–H and O–H groups in total. The van der Waals surface area contributed by atoms with Crippen molar-refractivity contribution in [1.82, 2.24) is 10.2 Å². The van der Waals surface area contributed by atoms with Crippen LogP contribution in [0.4, 0.5) is 4.39 Å². The molecule has 1 aromatic rings. The maximum atomic E-state index is 13.0. The first kappa shape index (κ1) is 13.6. The summed E-state index contributed by atoms with van der Waals surface area (Å²) in [6.07, 6.45) is 3.12. The van der Waals surface area contributed by atoms with Crippen LogP contribution < -0.4 is 5.32 Å². The minimum Gasteiger partial charge on any atom is -0.335 e. The Morgan fingerprint density at radius 2 is 2.00 bits per heavy atom. The summed E-state index contributed by atoms with van der Waals surface area (Å²) in [7, 11) is 0. The van der Waals surface area contributed by atoms with E-state index in [2.05, 4.69) is 12.2 Å². The van der Waals surface area contributed by atoms with Crippen molar-refractivity contribution in [3.63, 3.8) is 0 Å². The van der Waals surface area contributed by atoms with Crippen molar-refractivity contribution in [2.75, 3.05) is 6.54 Å². The maximum absolute atomic E-state index is 13.0. The molecule has 1 aliphatic carbocycles. The van der Waals surface area contributed by atoms with Gasteiger partial charge in [-0.1, -0.05) is 12.1 Å². The summed E-state index contributed by atoms with van der Waals surface area (Å²) in [5.74, 6) is 0.122. The number of benzene rings is 1. The average molecular weight is 276 g/mol. The van der Waals surface area contributed by atoms with Crippen LogP contribution in [0.15, 0.2) is 24.3 Å². The van der Waals surface area contributed by atoms with Crippen molar-refractivity contribution >= 4 is 5.91 Å². The summed E-state index contributed by atoms with van der Waals surface area (Å²) in [4.78, 5) is 14.7. The summed E-state index contributed by atoms with van der Waals surface area (Å²) in [5, 5.41) is 3.34. The Balaban J connectivity index is 1.72. The highest BCUT2D eigenvalue weighted by Crippen LogP contribution is 2.31. The predicted molar refractivity (Wildman–Crippen MR) is 75.5 cm³/mol. The molecule has 2 aliphatic rings. The van der Waals surface area contributed by atoms with Crippen LogP contribution >= 0.6 is 0 Å². The zero-order chi connectivity index (χ0) is 14.1. The number of hydrogen-bond acceptors (Lipinski definition) is 2. The van der Waals surface area contributed by atoms with Crippen LogP contribution in [-0.4, -0.2) is 29.4 Å².